The molecular weight excluding hydrogens is 376 g/mol. The number of ether oxygens (including phenoxy) is 1. The summed E-state index contributed by atoms with van der Waals surface area (Å²) in [5.41, 5.74) is 2.83. The molecule has 0 bridgehead atoms. The molecule has 2 aromatic rings. The van der Waals surface area contributed by atoms with E-state index in [-0.39, 0.29) is 0 Å². The van der Waals surface area contributed by atoms with E-state index < -0.39 is 0 Å². The minimum atomic E-state index is 0.856. The van der Waals surface area contributed by atoms with Gasteiger partial charge in [-0.25, -0.2) is 0 Å². The second kappa shape index (κ2) is 15.1. The van der Waals surface area contributed by atoms with Crippen LogP contribution in [0, 0.1) is 11.8 Å². The van der Waals surface area contributed by atoms with Crippen LogP contribution in [0.1, 0.15) is 103 Å². The molecule has 1 heteroatoms. The molecule has 2 rings (SSSR count). The van der Waals surface area contributed by atoms with Crippen LogP contribution in [0.5, 0.6) is 11.5 Å². The van der Waals surface area contributed by atoms with Gasteiger partial charge in [0.1, 0.15) is 11.5 Å². The van der Waals surface area contributed by atoms with E-state index >= 15 is 0 Å². The monoisotopic (exact) mass is 422 g/mol. The molecule has 0 aromatic heterocycles. The lowest BCUT2D eigenvalue weighted by atomic mass is 9.96. The number of rotatable bonds is 16. The first-order valence-electron chi connectivity index (χ1n) is 13.0. The first-order valence-corrected chi connectivity index (χ1v) is 13.0. The van der Waals surface area contributed by atoms with Crippen molar-refractivity contribution in [3.63, 3.8) is 0 Å². The maximum Gasteiger partial charge on any atom is 0.127 e. The highest BCUT2D eigenvalue weighted by Crippen LogP contribution is 2.24. The zero-order chi connectivity index (χ0) is 22.3. The standard InChI is InChI=1S/C30H46O/c1-5-7-11-25(3)13-9-15-27-17-21-29(22-18-27)31-30-23-19-28(20-24-30)16-10-14-26(4)12-8-6-2/h17-26H,5-16H2,1-4H3. The van der Waals surface area contributed by atoms with Gasteiger partial charge in [0, 0.05) is 0 Å². The van der Waals surface area contributed by atoms with Crippen LogP contribution in [-0.4, -0.2) is 0 Å². The molecule has 0 heterocycles. The molecule has 31 heavy (non-hydrogen) atoms. The smallest absolute Gasteiger partial charge is 0.127 e. The Morgan fingerprint density at radius 2 is 0.903 bits per heavy atom. The Labute approximate surface area is 192 Å². The van der Waals surface area contributed by atoms with Crippen molar-refractivity contribution in [3.8, 4) is 11.5 Å². The lowest BCUT2D eigenvalue weighted by molar-refractivity contribution is 0.456. The molecule has 0 aliphatic rings. The Morgan fingerprint density at radius 1 is 0.548 bits per heavy atom. The zero-order valence-corrected chi connectivity index (χ0v) is 20.7. The minimum absolute atomic E-state index is 0.856. The molecule has 0 N–H and O–H groups in total. The van der Waals surface area contributed by atoms with Gasteiger partial charge in [0.05, 0.1) is 0 Å². The maximum atomic E-state index is 6.06. The van der Waals surface area contributed by atoms with Crippen LogP contribution in [0.4, 0.5) is 0 Å². The van der Waals surface area contributed by atoms with Crippen LogP contribution in [0.3, 0.4) is 0 Å². The minimum Gasteiger partial charge on any atom is -0.457 e. The Hall–Kier alpha value is -1.76. The number of unbranched alkanes of at least 4 members (excludes halogenated alkanes) is 2. The summed E-state index contributed by atoms with van der Waals surface area (Å²) >= 11 is 0. The van der Waals surface area contributed by atoms with Gasteiger partial charge in [-0.1, -0.05) is 103 Å². The van der Waals surface area contributed by atoms with E-state index in [9.17, 15) is 0 Å². The molecule has 1 nitrogen and oxygen atoms in total. The van der Waals surface area contributed by atoms with Crippen LogP contribution in [0.25, 0.3) is 0 Å². The Morgan fingerprint density at radius 3 is 1.26 bits per heavy atom. The van der Waals surface area contributed by atoms with Crippen molar-refractivity contribution in [1.82, 2.24) is 0 Å². The van der Waals surface area contributed by atoms with Gasteiger partial charge in [-0.15, -0.1) is 0 Å². The fourth-order valence-corrected chi connectivity index (χ4v) is 4.29. The van der Waals surface area contributed by atoms with E-state index in [1.54, 1.807) is 0 Å². The van der Waals surface area contributed by atoms with E-state index in [1.807, 2.05) is 0 Å². The quantitative estimate of drug-likeness (QED) is 0.261. The van der Waals surface area contributed by atoms with Gasteiger partial charge in [0.25, 0.3) is 0 Å². The maximum absolute atomic E-state index is 6.06. The molecule has 0 saturated heterocycles. The van der Waals surface area contributed by atoms with Gasteiger partial charge >= 0.3 is 0 Å². The summed E-state index contributed by atoms with van der Waals surface area (Å²) in [4.78, 5) is 0. The van der Waals surface area contributed by atoms with E-state index in [0.717, 1.165) is 23.3 Å². The topological polar surface area (TPSA) is 9.23 Å². The lowest BCUT2D eigenvalue weighted by Gasteiger charge is -2.11. The van der Waals surface area contributed by atoms with Crippen LogP contribution < -0.4 is 4.74 Å². The van der Waals surface area contributed by atoms with E-state index in [0.29, 0.717) is 0 Å². The van der Waals surface area contributed by atoms with Crippen molar-refractivity contribution >= 4 is 0 Å². The molecule has 0 radical (unpaired) electrons. The summed E-state index contributed by atoms with van der Waals surface area (Å²) in [7, 11) is 0. The number of hydrogen-bond acceptors (Lipinski definition) is 1. The van der Waals surface area contributed by atoms with E-state index in [1.165, 1.54) is 88.2 Å². The molecule has 2 atom stereocenters. The Balaban J connectivity index is 1.70. The van der Waals surface area contributed by atoms with Crippen molar-refractivity contribution in [2.75, 3.05) is 0 Å². The normalized spacial score (nSPS) is 13.2. The summed E-state index contributed by atoms with van der Waals surface area (Å²) in [6, 6.07) is 17.3. The summed E-state index contributed by atoms with van der Waals surface area (Å²) in [6.07, 6.45) is 15.7. The SMILES string of the molecule is CCCCC(C)CCCc1ccc(Oc2ccc(CCCC(C)CCCC)cc2)cc1. The van der Waals surface area contributed by atoms with Crippen molar-refractivity contribution in [3.05, 3.63) is 59.7 Å². The van der Waals surface area contributed by atoms with Crippen molar-refractivity contribution < 1.29 is 4.74 Å². The third-order valence-electron chi connectivity index (χ3n) is 6.51. The summed E-state index contributed by atoms with van der Waals surface area (Å²) in [5, 5.41) is 0. The molecule has 2 aromatic carbocycles. The Bertz CT molecular complexity index is 624. The molecule has 0 aliphatic carbocycles. The van der Waals surface area contributed by atoms with Gasteiger partial charge in [-0.05, 0) is 72.9 Å². The second-order valence-corrected chi connectivity index (χ2v) is 9.67. The van der Waals surface area contributed by atoms with E-state index in [4.69, 9.17) is 4.74 Å². The molecule has 0 spiro atoms. The fraction of sp³-hybridized carbons (Fsp3) is 0.600. The average molecular weight is 423 g/mol. The first-order chi connectivity index (χ1) is 15.1. The van der Waals surface area contributed by atoms with Crippen LogP contribution in [0.2, 0.25) is 0 Å². The molecule has 2 unspecified atom stereocenters. The Kier molecular flexibility index (Phi) is 12.4. The zero-order valence-electron chi connectivity index (χ0n) is 20.7. The summed E-state index contributed by atoms with van der Waals surface area (Å²) in [6.45, 7) is 9.35. The van der Waals surface area contributed by atoms with Crippen LogP contribution >= 0.6 is 0 Å². The largest absolute Gasteiger partial charge is 0.457 e. The van der Waals surface area contributed by atoms with Crippen molar-refractivity contribution in [2.45, 2.75) is 105 Å². The number of aryl methyl sites for hydroxylation is 2. The van der Waals surface area contributed by atoms with Gasteiger partial charge in [-0.3, -0.25) is 0 Å². The van der Waals surface area contributed by atoms with Crippen LogP contribution in [-0.2, 0) is 12.8 Å². The van der Waals surface area contributed by atoms with E-state index in [2.05, 4.69) is 76.2 Å². The van der Waals surface area contributed by atoms with Gasteiger partial charge in [-0.2, -0.15) is 0 Å². The predicted octanol–water partition coefficient (Wildman–Crippen LogP) is 9.78. The third kappa shape index (κ3) is 10.9. The van der Waals surface area contributed by atoms with Crippen molar-refractivity contribution in [2.24, 2.45) is 11.8 Å². The second-order valence-electron chi connectivity index (χ2n) is 9.67. The number of hydrogen-bond donors (Lipinski definition) is 0. The molecule has 0 fully saturated rings. The third-order valence-corrected chi connectivity index (χ3v) is 6.51. The lowest BCUT2D eigenvalue weighted by Crippen LogP contribution is -1.96. The highest BCUT2D eigenvalue weighted by molar-refractivity contribution is 5.34. The first kappa shape index (κ1) is 25.5. The van der Waals surface area contributed by atoms with Gasteiger partial charge < -0.3 is 4.74 Å². The summed E-state index contributed by atoms with van der Waals surface area (Å²) < 4.78 is 6.06. The molecule has 0 aliphatic heterocycles. The van der Waals surface area contributed by atoms with Gasteiger partial charge in [0.2, 0.25) is 0 Å². The summed E-state index contributed by atoms with van der Waals surface area (Å²) in [5.74, 6) is 3.57. The molecule has 0 saturated carbocycles. The highest BCUT2D eigenvalue weighted by Gasteiger charge is 2.04. The molecule has 172 valence electrons. The fourth-order valence-electron chi connectivity index (χ4n) is 4.29. The highest BCUT2D eigenvalue weighted by atomic mass is 16.5. The van der Waals surface area contributed by atoms with Crippen molar-refractivity contribution in [1.29, 1.82) is 0 Å². The molecular formula is C30H46O. The van der Waals surface area contributed by atoms with Gasteiger partial charge in [0.15, 0.2) is 0 Å². The number of benzene rings is 2. The van der Waals surface area contributed by atoms with Crippen LogP contribution in [0.15, 0.2) is 48.5 Å². The average Bonchev–Trinajstić information content (AvgIpc) is 2.78. The predicted molar refractivity (Wildman–Crippen MR) is 136 cm³/mol. The molecule has 0 amide bonds.